The van der Waals surface area contributed by atoms with Gasteiger partial charge in [0.2, 0.25) is 0 Å². The van der Waals surface area contributed by atoms with Gasteiger partial charge < -0.3 is 31.7 Å². The fraction of sp³-hybridized carbons (Fsp3) is 0.185. The molecule has 8 nitrogen and oxygen atoms in total. The Morgan fingerprint density at radius 1 is 1.03 bits per heavy atom. The Morgan fingerprint density at radius 2 is 1.73 bits per heavy atom. The molecule has 1 atom stereocenters. The maximum Gasteiger partial charge on any atom is 0.319 e. The number of ether oxygens (including phenoxy) is 1. The van der Waals surface area contributed by atoms with Crippen LogP contribution in [0.5, 0.6) is 0 Å². The number of benzene rings is 3. The van der Waals surface area contributed by atoms with E-state index in [1.165, 1.54) is 0 Å². The molecule has 192 valence electrons. The molecule has 0 saturated heterocycles. The van der Waals surface area contributed by atoms with Gasteiger partial charge in [-0.25, -0.2) is 4.79 Å². The first-order valence-electron chi connectivity index (χ1n) is 11.5. The molecule has 0 spiro atoms. The molecular weight excluding hydrogens is 513 g/mol. The predicted octanol–water partition coefficient (Wildman–Crippen LogP) is 5.26. The lowest BCUT2D eigenvalue weighted by molar-refractivity contribution is -0.121. The summed E-state index contributed by atoms with van der Waals surface area (Å²) in [5.41, 5.74) is 8.19. The zero-order chi connectivity index (χ0) is 26.6. The van der Waals surface area contributed by atoms with Gasteiger partial charge in [-0.2, -0.15) is 0 Å². The van der Waals surface area contributed by atoms with Crippen LogP contribution in [0, 0.1) is 0 Å². The van der Waals surface area contributed by atoms with Gasteiger partial charge in [-0.3, -0.25) is 4.79 Å². The van der Waals surface area contributed by atoms with E-state index < -0.39 is 11.6 Å². The van der Waals surface area contributed by atoms with Gasteiger partial charge in [-0.05, 0) is 49.4 Å². The number of para-hydroxylation sites is 1. The first kappa shape index (κ1) is 26.2. The van der Waals surface area contributed by atoms with Crippen LogP contribution in [0.4, 0.5) is 21.9 Å². The van der Waals surface area contributed by atoms with Gasteiger partial charge in [0.1, 0.15) is 12.1 Å². The van der Waals surface area contributed by atoms with Gasteiger partial charge in [0.05, 0.1) is 12.2 Å². The second-order valence-corrected chi connectivity index (χ2v) is 9.41. The average molecular weight is 540 g/mol. The summed E-state index contributed by atoms with van der Waals surface area (Å²) in [7, 11) is 1.71. The first-order valence-corrected chi connectivity index (χ1v) is 12.3. The minimum absolute atomic E-state index is 0.0957. The highest BCUT2D eigenvalue weighted by Crippen LogP contribution is 2.40. The number of hydrogen-bond donors (Lipinski definition) is 5. The number of nitrogens with two attached hydrogens (primary N) is 1. The number of carbonyl (C=O) groups excluding carboxylic acids is 2. The number of amides is 2. The second kappa shape index (κ2) is 11.0. The second-order valence-electron chi connectivity index (χ2n) is 8.59. The van der Waals surface area contributed by atoms with E-state index in [9.17, 15) is 9.59 Å². The molecule has 4 rings (SSSR count). The first-order chi connectivity index (χ1) is 17.7. The lowest BCUT2D eigenvalue weighted by Crippen LogP contribution is -2.54. The van der Waals surface area contributed by atoms with Crippen molar-refractivity contribution in [2.24, 2.45) is 0 Å². The van der Waals surface area contributed by atoms with Crippen molar-refractivity contribution in [3.63, 3.8) is 0 Å². The number of fused-ring (bicyclic) bond motifs is 1. The third-order valence-electron chi connectivity index (χ3n) is 6.07. The van der Waals surface area contributed by atoms with Gasteiger partial charge in [0.15, 0.2) is 11.5 Å². The molecule has 0 radical (unpaired) electrons. The summed E-state index contributed by atoms with van der Waals surface area (Å²) in [6, 6.07) is 19.0. The number of likely N-dealkylation sites (N-methyl/N-ethyl adjacent to an activating group) is 1. The lowest BCUT2D eigenvalue weighted by atomic mass is 9.85. The number of urea groups is 1. The number of ketones is 1. The number of carbonyl (C=O) groups is 2. The maximum absolute atomic E-state index is 13.5. The van der Waals surface area contributed by atoms with Gasteiger partial charge >= 0.3 is 6.03 Å². The van der Waals surface area contributed by atoms with E-state index in [4.69, 9.17) is 33.7 Å². The molecule has 1 aliphatic heterocycles. The molecule has 0 bridgehead atoms. The molecule has 2 amide bonds. The molecule has 3 aromatic rings. The van der Waals surface area contributed by atoms with Crippen LogP contribution in [0.3, 0.4) is 0 Å². The highest BCUT2D eigenvalue weighted by Gasteiger charge is 2.43. The molecule has 1 heterocycles. The summed E-state index contributed by atoms with van der Waals surface area (Å²) in [5.74, 6) is 0.193. The van der Waals surface area contributed by atoms with Crippen LogP contribution in [0.1, 0.15) is 18.1 Å². The average Bonchev–Trinajstić information content (AvgIpc) is 2.86. The van der Waals surface area contributed by atoms with Crippen LogP contribution < -0.4 is 27.0 Å². The summed E-state index contributed by atoms with van der Waals surface area (Å²) >= 11 is 12.7. The summed E-state index contributed by atoms with van der Waals surface area (Å²) in [6.07, 6.45) is 0. The van der Waals surface area contributed by atoms with Crippen LogP contribution in [0.2, 0.25) is 10.0 Å². The number of Topliss-reactive ketones (excluding diaryl/α,β-unsaturated/α-hetero) is 1. The Labute approximate surface area is 225 Å². The monoisotopic (exact) mass is 539 g/mol. The summed E-state index contributed by atoms with van der Waals surface area (Å²) < 4.78 is 6.27. The molecule has 10 heteroatoms. The Kier molecular flexibility index (Phi) is 7.80. The number of nitrogens with one attached hydrogen (secondary N) is 4. The SMILES string of the molecule is CNC1=C(OCc2c(Cl)cccc2Cl)c2ccccc2NC1(C)C(=O)CNC(=O)Nc1cccc(N)c1. The Balaban J connectivity index is 1.58. The van der Waals surface area contributed by atoms with Crippen LogP contribution in [0.15, 0.2) is 72.4 Å². The fourth-order valence-corrected chi connectivity index (χ4v) is 4.66. The van der Waals surface area contributed by atoms with Crippen molar-refractivity contribution in [2.45, 2.75) is 19.1 Å². The smallest absolute Gasteiger partial charge is 0.319 e. The molecule has 0 saturated carbocycles. The van der Waals surface area contributed by atoms with Crippen molar-refractivity contribution in [3.05, 3.63) is 93.6 Å². The lowest BCUT2D eigenvalue weighted by Gasteiger charge is -2.39. The number of halogens is 2. The third kappa shape index (κ3) is 5.60. The largest absolute Gasteiger partial charge is 0.486 e. The molecule has 1 unspecified atom stereocenters. The van der Waals surface area contributed by atoms with E-state index in [1.54, 1.807) is 56.4 Å². The van der Waals surface area contributed by atoms with E-state index in [2.05, 4.69) is 21.3 Å². The van der Waals surface area contributed by atoms with Crippen molar-refractivity contribution in [1.29, 1.82) is 0 Å². The molecule has 6 N–H and O–H groups in total. The van der Waals surface area contributed by atoms with Crippen molar-refractivity contribution in [3.8, 4) is 0 Å². The zero-order valence-electron chi connectivity index (χ0n) is 20.3. The molecule has 0 aromatic heterocycles. The van der Waals surface area contributed by atoms with Gasteiger partial charge in [-0.1, -0.05) is 47.5 Å². The van der Waals surface area contributed by atoms with E-state index in [1.807, 2.05) is 24.3 Å². The van der Waals surface area contributed by atoms with Crippen LogP contribution >= 0.6 is 23.2 Å². The molecule has 0 aliphatic carbocycles. The molecule has 0 fully saturated rings. The normalized spacial score (nSPS) is 16.3. The summed E-state index contributed by atoms with van der Waals surface area (Å²) in [4.78, 5) is 26.0. The van der Waals surface area contributed by atoms with Gasteiger partial charge in [0, 0.05) is 45.3 Å². The van der Waals surface area contributed by atoms with Crippen molar-refractivity contribution in [1.82, 2.24) is 10.6 Å². The van der Waals surface area contributed by atoms with Crippen LogP contribution in [-0.2, 0) is 16.1 Å². The van der Waals surface area contributed by atoms with E-state index in [0.717, 1.165) is 5.56 Å². The fourth-order valence-electron chi connectivity index (χ4n) is 4.15. The van der Waals surface area contributed by atoms with Crippen molar-refractivity contribution >= 4 is 57.8 Å². The standard InChI is InChI=1S/C27H27Cl2N5O3/c1-27(23(35)14-32-26(36)33-17-8-5-7-16(30)13-17)25(31-2)24(18-9-3-4-12-22(18)34-27)37-15-19-20(28)10-6-11-21(19)29/h3-13,31,34H,14-15,30H2,1-2H3,(H2,32,33,36). The van der Waals surface area contributed by atoms with Gasteiger partial charge in [0.25, 0.3) is 0 Å². The topological polar surface area (TPSA) is 118 Å². The minimum Gasteiger partial charge on any atom is -0.486 e. The number of nitrogen functional groups attached to an aromatic ring is 1. The highest BCUT2D eigenvalue weighted by molar-refractivity contribution is 6.35. The zero-order valence-corrected chi connectivity index (χ0v) is 21.8. The molecular formula is C27H27Cl2N5O3. The number of anilines is 3. The number of rotatable bonds is 8. The number of hydrogen-bond acceptors (Lipinski definition) is 6. The highest BCUT2D eigenvalue weighted by atomic mass is 35.5. The van der Waals surface area contributed by atoms with Crippen molar-refractivity contribution < 1.29 is 14.3 Å². The van der Waals surface area contributed by atoms with Crippen LogP contribution in [-0.4, -0.2) is 30.9 Å². The van der Waals surface area contributed by atoms with E-state index >= 15 is 0 Å². The Hall–Kier alpha value is -3.88. The quantitative estimate of drug-likeness (QED) is 0.249. The Morgan fingerprint density at radius 3 is 2.43 bits per heavy atom. The minimum atomic E-state index is -1.23. The third-order valence-corrected chi connectivity index (χ3v) is 6.78. The maximum atomic E-state index is 13.5. The Bertz CT molecular complexity index is 1360. The van der Waals surface area contributed by atoms with E-state index in [-0.39, 0.29) is 18.9 Å². The predicted molar refractivity (Wildman–Crippen MR) is 149 cm³/mol. The summed E-state index contributed by atoms with van der Waals surface area (Å²) in [5, 5.41) is 12.7. The van der Waals surface area contributed by atoms with Crippen LogP contribution in [0.25, 0.3) is 5.76 Å². The van der Waals surface area contributed by atoms with Crippen molar-refractivity contribution in [2.75, 3.05) is 30.0 Å². The molecule has 1 aliphatic rings. The molecule has 37 heavy (non-hydrogen) atoms. The van der Waals surface area contributed by atoms with E-state index in [0.29, 0.717) is 44.1 Å². The molecule has 3 aromatic carbocycles. The van der Waals surface area contributed by atoms with Gasteiger partial charge in [-0.15, -0.1) is 0 Å². The summed E-state index contributed by atoms with van der Waals surface area (Å²) in [6.45, 7) is 1.59.